The second kappa shape index (κ2) is 9.97. The van der Waals surface area contributed by atoms with E-state index in [2.05, 4.69) is 20.1 Å². The zero-order valence-electron chi connectivity index (χ0n) is 17.8. The lowest BCUT2D eigenvalue weighted by Gasteiger charge is -2.11. The molecule has 5 rings (SSSR count). The fraction of sp³-hybridized carbons (Fsp3) is 0.217. The first-order valence-electron chi connectivity index (χ1n) is 10.1. The van der Waals surface area contributed by atoms with Crippen LogP contribution >= 0.6 is 0 Å². The van der Waals surface area contributed by atoms with Crippen LogP contribution in [-0.4, -0.2) is 43.0 Å². The molecular weight excluding hydrogens is 411 g/mol. The monoisotopic (exact) mass is 434 g/mol. The molecule has 4 heterocycles. The van der Waals surface area contributed by atoms with E-state index in [-0.39, 0.29) is 5.82 Å². The van der Waals surface area contributed by atoms with Crippen molar-refractivity contribution >= 4 is 12.2 Å². The summed E-state index contributed by atoms with van der Waals surface area (Å²) < 4.78 is 26.5. The second-order valence-electron chi connectivity index (χ2n) is 7.01. The van der Waals surface area contributed by atoms with Gasteiger partial charge >= 0.3 is 0 Å². The van der Waals surface area contributed by atoms with Gasteiger partial charge in [-0.25, -0.2) is 24.0 Å². The van der Waals surface area contributed by atoms with Gasteiger partial charge in [-0.2, -0.15) is 5.10 Å². The summed E-state index contributed by atoms with van der Waals surface area (Å²) in [5, 5.41) is 4.45. The van der Waals surface area contributed by atoms with Crippen molar-refractivity contribution in [3.05, 3.63) is 83.8 Å². The van der Waals surface area contributed by atoms with Crippen molar-refractivity contribution in [3.63, 3.8) is 0 Å². The number of benzene rings is 1. The number of imidazole rings is 1. The molecule has 3 aromatic heterocycles. The quantitative estimate of drug-likeness (QED) is 0.487. The van der Waals surface area contributed by atoms with Gasteiger partial charge in [-0.1, -0.05) is 18.2 Å². The number of hydrogen-bond acceptors (Lipinski definition) is 6. The molecule has 1 aliphatic rings. The molecule has 8 nitrogen and oxygen atoms in total. The molecule has 164 valence electrons. The van der Waals surface area contributed by atoms with E-state index in [1.54, 1.807) is 37.8 Å². The summed E-state index contributed by atoms with van der Waals surface area (Å²) in [6.45, 7) is 3.86. The van der Waals surface area contributed by atoms with Crippen LogP contribution in [0.3, 0.4) is 0 Å². The van der Waals surface area contributed by atoms with Crippen LogP contribution < -0.4 is 4.74 Å². The maximum absolute atomic E-state index is 11.9. The molecule has 0 spiro atoms. The smallest absolute Gasteiger partial charge is 0.180 e. The van der Waals surface area contributed by atoms with E-state index in [4.69, 9.17) is 9.47 Å². The average Bonchev–Trinajstić information content (AvgIpc) is 3.44. The Kier molecular flexibility index (Phi) is 6.66. The number of rotatable bonds is 4. The standard InChI is InChI=1S/C17H18N6O2.C6H5F/c1-12-9-22(11-19-12)17-14(24-2)7-13(8-18-17)3-4-15-20-16-10-25-6-5-23(16)21-15;7-6-4-2-1-3-5-6/h3-4,7-9,11H,5-6,10H2,1-2H3;1-5H/b4-3+;. The topological polar surface area (TPSA) is 79.9 Å². The van der Waals surface area contributed by atoms with Crippen LogP contribution in [0.4, 0.5) is 4.39 Å². The molecular formula is C23H23FN6O2. The molecule has 0 saturated carbocycles. The van der Waals surface area contributed by atoms with Crippen LogP contribution in [0.1, 0.15) is 22.9 Å². The SMILES string of the molecule is COc1cc(/C=C/c2nc3n(n2)CCOC3)cnc1-n1cnc(C)c1.Fc1ccccc1. The molecule has 1 aromatic carbocycles. The van der Waals surface area contributed by atoms with E-state index in [1.807, 2.05) is 40.6 Å². The lowest BCUT2D eigenvalue weighted by molar-refractivity contribution is 0.0769. The number of nitrogens with zero attached hydrogens (tertiary/aromatic N) is 6. The van der Waals surface area contributed by atoms with Gasteiger partial charge in [0.2, 0.25) is 0 Å². The molecule has 1 aliphatic heterocycles. The fourth-order valence-corrected chi connectivity index (χ4v) is 3.07. The molecule has 0 saturated heterocycles. The third-order valence-corrected chi connectivity index (χ3v) is 4.63. The van der Waals surface area contributed by atoms with Crippen LogP contribution in [0.2, 0.25) is 0 Å². The van der Waals surface area contributed by atoms with Gasteiger partial charge in [0.1, 0.15) is 18.8 Å². The molecule has 0 atom stereocenters. The van der Waals surface area contributed by atoms with Crippen molar-refractivity contribution in [2.75, 3.05) is 13.7 Å². The van der Waals surface area contributed by atoms with E-state index in [1.165, 1.54) is 12.1 Å². The molecule has 32 heavy (non-hydrogen) atoms. The van der Waals surface area contributed by atoms with Gasteiger partial charge in [0.25, 0.3) is 0 Å². The molecule has 0 radical (unpaired) electrons. The highest BCUT2D eigenvalue weighted by Crippen LogP contribution is 2.23. The Bertz CT molecular complexity index is 1180. The Hall–Kier alpha value is -3.85. The van der Waals surface area contributed by atoms with Gasteiger partial charge in [-0.3, -0.25) is 4.57 Å². The summed E-state index contributed by atoms with van der Waals surface area (Å²) in [6, 6.07) is 9.86. The minimum absolute atomic E-state index is 0.178. The van der Waals surface area contributed by atoms with Crippen LogP contribution in [0, 0.1) is 12.7 Å². The van der Waals surface area contributed by atoms with E-state index < -0.39 is 0 Å². The molecule has 0 fully saturated rings. The van der Waals surface area contributed by atoms with Gasteiger partial charge in [0.15, 0.2) is 23.2 Å². The third kappa shape index (κ3) is 5.25. The maximum atomic E-state index is 11.9. The highest BCUT2D eigenvalue weighted by atomic mass is 19.1. The van der Waals surface area contributed by atoms with Crippen LogP contribution in [0.25, 0.3) is 18.0 Å². The average molecular weight is 434 g/mol. The normalized spacial score (nSPS) is 12.8. The molecule has 9 heteroatoms. The summed E-state index contributed by atoms with van der Waals surface area (Å²) in [5.41, 5.74) is 1.83. The number of pyridine rings is 1. The summed E-state index contributed by atoms with van der Waals surface area (Å²) in [7, 11) is 1.63. The van der Waals surface area contributed by atoms with E-state index in [0.29, 0.717) is 30.6 Å². The number of ether oxygens (including phenoxy) is 2. The third-order valence-electron chi connectivity index (χ3n) is 4.63. The van der Waals surface area contributed by atoms with Crippen LogP contribution in [0.15, 0.2) is 55.1 Å². The first kappa shape index (κ1) is 21.4. The van der Waals surface area contributed by atoms with E-state index in [9.17, 15) is 4.39 Å². The summed E-state index contributed by atoms with van der Waals surface area (Å²) in [6.07, 6.45) is 9.19. The minimum atomic E-state index is -0.178. The van der Waals surface area contributed by atoms with Crippen molar-refractivity contribution in [2.24, 2.45) is 0 Å². The van der Waals surface area contributed by atoms with Gasteiger partial charge < -0.3 is 9.47 Å². The molecule has 4 aromatic rings. The van der Waals surface area contributed by atoms with Gasteiger partial charge in [0, 0.05) is 12.4 Å². The van der Waals surface area contributed by atoms with Crippen molar-refractivity contribution in [1.29, 1.82) is 0 Å². The molecule has 0 N–H and O–H groups in total. The number of aromatic nitrogens is 6. The Morgan fingerprint density at radius 3 is 2.66 bits per heavy atom. The first-order chi connectivity index (χ1) is 15.6. The summed E-state index contributed by atoms with van der Waals surface area (Å²) in [4.78, 5) is 13.2. The molecule has 0 amide bonds. The van der Waals surface area contributed by atoms with Gasteiger partial charge in [-0.05, 0) is 42.8 Å². The van der Waals surface area contributed by atoms with E-state index >= 15 is 0 Å². The Morgan fingerprint density at radius 2 is 2.00 bits per heavy atom. The highest BCUT2D eigenvalue weighted by Gasteiger charge is 2.13. The molecule has 0 unspecified atom stereocenters. The van der Waals surface area contributed by atoms with Crippen molar-refractivity contribution < 1.29 is 13.9 Å². The van der Waals surface area contributed by atoms with Crippen molar-refractivity contribution in [2.45, 2.75) is 20.1 Å². The first-order valence-corrected chi connectivity index (χ1v) is 10.1. The minimum Gasteiger partial charge on any atom is -0.493 e. The number of hydrogen-bond donors (Lipinski definition) is 0. The van der Waals surface area contributed by atoms with Crippen LogP contribution in [-0.2, 0) is 17.9 Å². The highest BCUT2D eigenvalue weighted by molar-refractivity contribution is 5.67. The second-order valence-corrected chi connectivity index (χ2v) is 7.01. The zero-order chi connectivity index (χ0) is 22.3. The van der Waals surface area contributed by atoms with Gasteiger partial charge in [0.05, 0.1) is 26.0 Å². The summed E-state index contributed by atoms with van der Waals surface area (Å²) in [5.74, 6) is 2.71. The lowest BCUT2D eigenvalue weighted by atomic mass is 10.2. The van der Waals surface area contributed by atoms with Crippen molar-refractivity contribution in [3.8, 4) is 11.6 Å². The predicted octanol–water partition coefficient (Wildman–Crippen LogP) is 3.70. The zero-order valence-corrected chi connectivity index (χ0v) is 17.8. The predicted molar refractivity (Wildman–Crippen MR) is 118 cm³/mol. The number of methoxy groups -OCH3 is 1. The molecule has 0 aliphatic carbocycles. The Morgan fingerprint density at radius 1 is 1.16 bits per heavy atom. The fourth-order valence-electron chi connectivity index (χ4n) is 3.07. The maximum Gasteiger partial charge on any atom is 0.180 e. The number of aryl methyl sites for hydroxylation is 1. The van der Waals surface area contributed by atoms with Gasteiger partial charge in [-0.15, -0.1) is 0 Å². The number of halogens is 1. The summed E-state index contributed by atoms with van der Waals surface area (Å²) >= 11 is 0. The Balaban J connectivity index is 0.000000300. The lowest BCUT2D eigenvalue weighted by Crippen LogP contribution is -2.17. The number of fused-ring (bicyclic) bond motifs is 1. The van der Waals surface area contributed by atoms with Crippen LogP contribution in [0.5, 0.6) is 5.75 Å². The van der Waals surface area contributed by atoms with Crippen molar-refractivity contribution in [1.82, 2.24) is 29.3 Å². The molecule has 0 bridgehead atoms. The Labute approximate surface area is 185 Å². The van der Waals surface area contributed by atoms with E-state index in [0.717, 1.165) is 23.6 Å². The largest absolute Gasteiger partial charge is 0.493 e.